The minimum absolute atomic E-state index is 0. The van der Waals surface area contributed by atoms with E-state index in [0.29, 0.717) is 19.7 Å². The molecule has 4 nitrogen and oxygen atoms in total. The van der Waals surface area contributed by atoms with Gasteiger partial charge in [-0.25, -0.2) is 0 Å². The van der Waals surface area contributed by atoms with Gasteiger partial charge in [0.1, 0.15) is 0 Å². The SMILES string of the molecule is COCCNCC(=O)NC(C)(C)Cc1ccccc1C.Cl. The summed E-state index contributed by atoms with van der Waals surface area (Å²) in [6.07, 6.45) is 0.823. The zero-order valence-corrected chi connectivity index (χ0v) is 14.2. The number of hydrogen-bond donors (Lipinski definition) is 2. The summed E-state index contributed by atoms with van der Waals surface area (Å²) in [4.78, 5) is 11.9. The topological polar surface area (TPSA) is 50.4 Å². The number of aryl methyl sites for hydroxylation is 1. The molecule has 0 atom stereocenters. The summed E-state index contributed by atoms with van der Waals surface area (Å²) in [5.41, 5.74) is 2.27. The monoisotopic (exact) mass is 314 g/mol. The van der Waals surface area contributed by atoms with Crippen LogP contribution in [-0.2, 0) is 16.0 Å². The number of amides is 1. The molecule has 5 heteroatoms. The maximum atomic E-state index is 11.9. The third-order valence-corrected chi connectivity index (χ3v) is 3.14. The molecule has 21 heavy (non-hydrogen) atoms. The van der Waals surface area contributed by atoms with E-state index in [-0.39, 0.29) is 23.9 Å². The van der Waals surface area contributed by atoms with Gasteiger partial charge in [-0.3, -0.25) is 4.79 Å². The van der Waals surface area contributed by atoms with E-state index < -0.39 is 0 Å². The maximum Gasteiger partial charge on any atom is 0.234 e. The lowest BCUT2D eigenvalue weighted by atomic mass is 9.92. The van der Waals surface area contributed by atoms with Gasteiger partial charge in [0.25, 0.3) is 0 Å². The number of carbonyl (C=O) groups is 1. The Hall–Kier alpha value is -1.10. The molecular formula is C16H27ClN2O2. The lowest BCUT2D eigenvalue weighted by molar-refractivity contribution is -0.121. The standard InChI is InChI=1S/C16H26N2O2.ClH/c1-13-7-5-6-8-14(13)11-16(2,3)18-15(19)12-17-9-10-20-4;/h5-8,17H,9-12H2,1-4H3,(H,18,19);1H. The van der Waals surface area contributed by atoms with Crippen LogP contribution in [0.2, 0.25) is 0 Å². The predicted molar refractivity (Wildman–Crippen MR) is 89.1 cm³/mol. The molecule has 1 aromatic carbocycles. The highest BCUT2D eigenvalue weighted by Gasteiger charge is 2.21. The molecule has 1 rings (SSSR count). The fourth-order valence-corrected chi connectivity index (χ4v) is 2.13. The van der Waals surface area contributed by atoms with E-state index in [4.69, 9.17) is 4.74 Å². The Morgan fingerprint density at radius 1 is 1.29 bits per heavy atom. The molecule has 0 saturated heterocycles. The highest BCUT2D eigenvalue weighted by atomic mass is 35.5. The molecule has 2 N–H and O–H groups in total. The number of ether oxygens (including phenoxy) is 1. The molecule has 0 unspecified atom stereocenters. The summed E-state index contributed by atoms with van der Waals surface area (Å²) < 4.78 is 4.92. The van der Waals surface area contributed by atoms with Crippen molar-refractivity contribution in [2.24, 2.45) is 0 Å². The molecule has 0 aliphatic rings. The van der Waals surface area contributed by atoms with Crippen LogP contribution in [0.1, 0.15) is 25.0 Å². The first-order valence-electron chi connectivity index (χ1n) is 7.00. The van der Waals surface area contributed by atoms with Crippen molar-refractivity contribution in [3.05, 3.63) is 35.4 Å². The zero-order chi connectivity index (χ0) is 15.0. The van der Waals surface area contributed by atoms with E-state index in [1.165, 1.54) is 11.1 Å². The molecule has 0 saturated carbocycles. The first kappa shape index (κ1) is 19.9. The second-order valence-corrected chi connectivity index (χ2v) is 5.70. The molecule has 0 bridgehead atoms. The van der Waals surface area contributed by atoms with Crippen LogP contribution >= 0.6 is 12.4 Å². The Morgan fingerprint density at radius 3 is 2.57 bits per heavy atom. The predicted octanol–water partition coefficient (Wildman–Crippen LogP) is 2.09. The van der Waals surface area contributed by atoms with Crippen molar-refractivity contribution in [2.75, 3.05) is 26.8 Å². The van der Waals surface area contributed by atoms with Crippen LogP contribution in [0.5, 0.6) is 0 Å². The van der Waals surface area contributed by atoms with Gasteiger partial charge in [0, 0.05) is 19.2 Å². The van der Waals surface area contributed by atoms with Gasteiger partial charge < -0.3 is 15.4 Å². The van der Waals surface area contributed by atoms with Crippen molar-refractivity contribution < 1.29 is 9.53 Å². The Labute approximate surface area is 134 Å². The van der Waals surface area contributed by atoms with Gasteiger partial charge in [-0.05, 0) is 38.3 Å². The van der Waals surface area contributed by atoms with E-state index in [1.807, 2.05) is 26.0 Å². The minimum Gasteiger partial charge on any atom is -0.383 e. The smallest absolute Gasteiger partial charge is 0.234 e. The molecule has 0 spiro atoms. The molecule has 1 amide bonds. The normalized spacial score (nSPS) is 10.9. The molecule has 0 radical (unpaired) electrons. The second-order valence-electron chi connectivity index (χ2n) is 5.70. The van der Waals surface area contributed by atoms with Crippen molar-refractivity contribution in [1.29, 1.82) is 0 Å². The van der Waals surface area contributed by atoms with Crippen molar-refractivity contribution in [3.63, 3.8) is 0 Å². The number of hydrogen-bond acceptors (Lipinski definition) is 3. The van der Waals surface area contributed by atoms with Gasteiger partial charge in [-0.15, -0.1) is 12.4 Å². The number of methoxy groups -OCH3 is 1. The van der Waals surface area contributed by atoms with Crippen molar-refractivity contribution >= 4 is 18.3 Å². The zero-order valence-electron chi connectivity index (χ0n) is 13.4. The minimum atomic E-state index is -0.258. The van der Waals surface area contributed by atoms with Crippen molar-refractivity contribution in [3.8, 4) is 0 Å². The number of nitrogens with one attached hydrogen (secondary N) is 2. The van der Waals surface area contributed by atoms with E-state index in [9.17, 15) is 4.79 Å². The quantitative estimate of drug-likeness (QED) is 0.722. The molecule has 1 aromatic rings. The first-order chi connectivity index (χ1) is 9.44. The Balaban J connectivity index is 0.00000400. The van der Waals surface area contributed by atoms with E-state index >= 15 is 0 Å². The van der Waals surface area contributed by atoms with Gasteiger partial charge in [0.05, 0.1) is 13.2 Å². The summed E-state index contributed by atoms with van der Waals surface area (Å²) in [5.74, 6) is 0.0136. The largest absolute Gasteiger partial charge is 0.383 e. The van der Waals surface area contributed by atoms with Crippen molar-refractivity contribution in [1.82, 2.24) is 10.6 Å². The first-order valence-corrected chi connectivity index (χ1v) is 7.00. The Bertz CT molecular complexity index is 436. The molecule has 120 valence electrons. The lowest BCUT2D eigenvalue weighted by Crippen LogP contribution is -2.48. The highest BCUT2D eigenvalue weighted by Crippen LogP contribution is 2.15. The van der Waals surface area contributed by atoms with E-state index in [2.05, 4.69) is 29.7 Å². The summed E-state index contributed by atoms with van der Waals surface area (Å²) in [5, 5.41) is 6.11. The van der Waals surface area contributed by atoms with Crippen LogP contribution in [0.15, 0.2) is 24.3 Å². The molecule has 0 aromatic heterocycles. The highest BCUT2D eigenvalue weighted by molar-refractivity contribution is 5.85. The van der Waals surface area contributed by atoms with E-state index in [0.717, 1.165) is 6.42 Å². The second kappa shape index (κ2) is 9.77. The molecular weight excluding hydrogens is 288 g/mol. The van der Waals surface area contributed by atoms with Gasteiger partial charge in [-0.2, -0.15) is 0 Å². The van der Waals surface area contributed by atoms with Gasteiger partial charge in [0.2, 0.25) is 5.91 Å². The van der Waals surface area contributed by atoms with Gasteiger partial charge in [-0.1, -0.05) is 24.3 Å². The molecule has 0 fully saturated rings. The number of halogens is 1. The Kier molecular flexibility index (Phi) is 9.26. The van der Waals surface area contributed by atoms with Gasteiger partial charge >= 0.3 is 0 Å². The van der Waals surface area contributed by atoms with Crippen LogP contribution in [-0.4, -0.2) is 38.3 Å². The fourth-order valence-electron chi connectivity index (χ4n) is 2.13. The summed E-state index contributed by atoms with van der Waals surface area (Å²) in [6, 6.07) is 8.27. The van der Waals surface area contributed by atoms with E-state index in [1.54, 1.807) is 7.11 Å². The van der Waals surface area contributed by atoms with Crippen LogP contribution < -0.4 is 10.6 Å². The van der Waals surface area contributed by atoms with Gasteiger partial charge in [0.15, 0.2) is 0 Å². The van der Waals surface area contributed by atoms with Crippen LogP contribution in [0.4, 0.5) is 0 Å². The number of rotatable bonds is 8. The average molecular weight is 315 g/mol. The van der Waals surface area contributed by atoms with Crippen LogP contribution in [0.25, 0.3) is 0 Å². The molecule has 0 aliphatic heterocycles. The average Bonchev–Trinajstić information content (AvgIpc) is 2.36. The van der Waals surface area contributed by atoms with Crippen LogP contribution in [0, 0.1) is 6.92 Å². The maximum absolute atomic E-state index is 11.9. The summed E-state index contributed by atoms with van der Waals surface area (Å²) >= 11 is 0. The molecule has 0 aliphatic carbocycles. The molecule has 0 heterocycles. The Morgan fingerprint density at radius 2 is 1.95 bits per heavy atom. The third kappa shape index (κ3) is 8.05. The summed E-state index contributed by atoms with van der Waals surface area (Å²) in [6.45, 7) is 7.81. The summed E-state index contributed by atoms with van der Waals surface area (Å²) in [7, 11) is 1.65. The number of benzene rings is 1. The van der Waals surface area contributed by atoms with Crippen molar-refractivity contribution in [2.45, 2.75) is 32.7 Å². The lowest BCUT2D eigenvalue weighted by Gasteiger charge is -2.27. The fraction of sp³-hybridized carbons (Fsp3) is 0.562. The number of carbonyl (C=O) groups excluding carboxylic acids is 1. The third-order valence-electron chi connectivity index (χ3n) is 3.14. The van der Waals surface area contributed by atoms with Crippen LogP contribution in [0.3, 0.4) is 0 Å².